The van der Waals surface area contributed by atoms with Crippen molar-refractivity contribution in [3.05, 3.63) is 47.6 Å². The van der Waals surface area contributed by atoms with E-state index in [-0.39, 0.29) is 23.2 Å². The normalized spacial score (nSPS) is 34.4. The van der Waals surface area contributed by atoms with Crippen molar-refractivity contribution in [1.82, 2.24) is 0 Å². The number of carbonyl (C=O) groups is 2. The molecule has 200 valence electrons. The molecule has 0 unspecified atom stereocenters. The molecule has 0 amide bonds. The minimum absolute atomic E-state index is 0.157. The second kappa shape index (κ2) is 11.2. The van der Waals surface area contributed by atoms with Crippen LogP contribution in [0.3, 0.4) is 0 Å². The largest absolute Gasteiger partial charge is 0.462 e. The third-order valence-electron chi connectivity index (χ3n) is 8.96. The topological polar surface area (TPSA) is 83.8 Å². The van der Waals surface area contributed by atoms with Crippen molar-refractivity contribution < 1.29 is 24.5 Å². The summed E-state index contributed by atoms with van der Waals surface area (Å²) in [5, 5.41) is 20.3. The highest BCUT2D eigenvalue weighted by atomic mass is 16.5. The molecular weight excluding hydrogens is 452 g/mol. The second-order valence-electron chi connectivity index (χ2n) is 12.3. The van der Waals surface area contributed by atoms with Gasteiger partial charge in [-0.25, -0.2) is 0 Å². The van der Waals surface area contributed by atoms with Crippen LogP contribution in [0.5, 0.6) is 0 Å². The third-order valence-corrected chi connectivity index (χ3v) is 8.96. The number of rotatable bonds is 7. The van der Waals surface area contributed by atoms with Gasteiger partial charge in [0.05, 0.1) is 18.3 Å². The fourth-order valence-electron chi connectivity index (χ4n) is 6.65. The fraction of sp³-hybridized carbons (Fsp3) is 0.677. The van der Waals surface area contributed by atoms with Gasteiger partial charge >= 0.3 is 5.97 Å². The molecule has 0 saturated heterocycles. The zero-order chi connectivity index (χ0) is 26.8. The summed E-state index contributed by atoms with van der Waals surface area (Å²) >= 11 is 0. The molecule has 0 aromatic heterocycles. The number of carbonyl (C=O) groups excluding carboxylic acids is 2. The summed E-state index contributed by atoms with van der Waals surface area (Å²) in [6.45, 7) is 15.5. The summed E-state index contributed by atoms with van der Waals surface area (Å²) in [6, 6.07) is 0. The Morgan fingerprint density at radius 3 is 2.53 bits per heavy atom. The Hall–Kier alpha value is -1.98. The molecule has 3 rings (SSSR count). The van der Waals surface area contributed by atoms with E-state index >= 15 is 0 Å². The lowest BCUT2D eigenvalue weighted by Crippen LogP contribution is -2.36. The average molecular weight is 499 g/mol. The summed E-state index contributed by atoms with van der Waals surface area (Å²) in [5.74, 6) is 0.477. The van der Waals surface area contributed by atoms with E-state index in [9.17, 15) is 19.8 Å². The van der Waals surface area contributed by atoms with Gasteiger partial charge in [0.15, 0.2) is 5.78 Å². The van der Waals surface area contributed by atoms with Crippen LogP contribution in [0.1, 0.15) is 86.5 Å². The van der Waals surface area contributed by atoms with Gasteiger partial charge in [0.25, 0.3) is 0 Å². The first kappa shape index (κ1) is 28.6. The molecule has 0 radical (unpaired) electrons. The number of ether oxygens (including phenoxy) is 1. The van der Waals surface area contributed by atoms with Crippen LogP contribution in [-0.2, 0) is 14.3 Å². The fourth-order valence-corrected chi connectivity index (χ4v) is 6.65. The van der Waals surface area contributed by atoms with E-state index in [1.54, 1.807) is 33.8 Å². The van der Waals surface area contributed by atoms with Crippen LogP contribution in [0.4, 0.5) is 0 Å². The van der Waals surface area contributed by atoms with Crippen LogP contribution >= 0.6 is 0 Å². The highest BCUT2D eigenvalue weighted by Crippen LogP contribution is 2.59. The lowest BCUT2D eigenvalue weighted by atomic mass is 9.61. The van der Waals surface area contributed by atoms with E-state index in [1.807, 2.05) is 6.08 Å². The first-order chi connectivity index (χ1) is 16.8. The maximum Gasteiger partial charge on any atom is 0.319 e. The first-order valence-electron chi connectivity index (χ1n) is 13.7. The van der Waals surface area contributed by atoms with Gasteiger partial charge in [-0.15, -0.1) is 0 Å². The van der Waals surface area contributed by atoms with Crippen LogP contribution in [0.2, 0.25) is 0 Å². The van der Waals surface area contributed by atoms with Crippen LogP contribution in [0, 0.1) is 28.6 Å². The van der Waals surface area contributed by atoms with Crippen molar-refractivity contribution >= 4 is 11.8 Å². The van der Waals surface area contributed by atoms with Crippen molar-refractivity contribution in [3.8, 4) is 0 Å². The quantitative estimate of drug-likeness (QED) is 0.261. The monoisotopic (exact) mass is 498 g/mol. The van der Waals surface area contributed by atoms with E-state index in [2.05, 4.69) is 32.6 Å². The summed E-state index contributed by atoms with van der Waals surface area (Å²) in [4.78, 5) is 25.3. The molecule has 3 saturated carbocycles. The van der Waals surface area contributed by atoms with E-state index in [4.69, 9.17) is 4.74 Å². The highest BCUT2D eigenvalue weighted by Gasteiger charge is 2.50. The lowest BCUT2D eigenvalue weighted by Gasteiger charge is -2.44. The van der Waals surface area contributed by atoms with Crippen LogP contribution in [0.25, 0.3) is 0 Å². The molecule has 3 fully saturated rings. The standard InChI is InChI=1S/C31H46O5/c1-19(2)36-29(35)30(5,6)28(34)15-10-20(3)25-13-14-26-22(9-8-16-31(25,26)7)11-12-23-17-24(32)18-27(33)21(23)4/h10-12,15,19-20,24-27,32-33H,4,8-9,13-14,16-18H2,1-3,5-7H3/t20-,24-,25-,26+,27+,31-/m1/s1. The van der Waals surface area contributed by atoms with Crippen LogP contribution in [-0.4, -0.2) is 40.3 Å². The zero-order valence-corrected chi connectivity index (χ0v) is 23.0. The molecule has 0 aliphatic heterocycles. The van der Waals surface area contributed by atoms with Gasteiger partial charge < -0.3 is 14.9 Å². The highest BCUT2D eigenvalue weighted by molar-refractivity contribution is 6.08. The molecule has 5 heteroatoms. The predicted octanol–water partition coefficient (Wildman–Crippen LogP) is 5.87. The smallest absolute Gasteiger partial charge is 0.319 e. The molecule has 0 aromatic carbocycles. The summed E-state index contributed by atoms with van der Waals surface area (Å²) in [6.07, 6.45) is 13.0. The molecular formula is C31H46O5. The summed E-state index contributed by atoms with van der Waals surface area (Å²) in [5.41, 5.74) is 2.09. The van der Waals surface area contributed by atoms with Crippen molar-refractivity contribution in [3.63, 3.8) is 0 Å². The van der Waals surface area contributed by atoms with Gasteiger partial charge in [-0.1, -0.05) is 44.2 Å². The number of hydrogen-bond acceptors (Lipinski definition) is 5. The average Bonchev–Trinajstić information content (AvgIpc) is 3.15. The Morgan fingerprint density at radius 1 is 1.17 bits per heavy atom. The maximum atomic E-state index is 12.9. The Bertz CT molecular complexity index is 952. The number of aliphatic hydroxyl groups excluding tert-OH is 2. The Kier molecular flexibility index (Phi) is 8.88. The predicted molar refractivity (Wildman–Crippen MR) is 143 cm³/mol. The van der Waals surface area contributed by atoms with Crippen molar-refractivity contribution in [2.45, 2.75) is 105 Å². The summed E-state index contributed by atoms with van der Waals surface area (Å²) in [7, 11) is 0. The molecule has 0 heterocycles. The minimum atomic E-state index is -1.19. The molecule has 3 aliphatic rings. The lowest BCUT2D eigenvalue weighted by molar-refractivity contribution is -0.160. The number of aliphatic hydroxyl groups is 2. The molecule has 2 N–H and O–H groups in total. The minimum Gasteiger partial charge on any atom is -0.462 e. The van der Waals surface area contributed by atoms with Gasteiger partial charge in [-0.05, 0) is 107 Å². The van der Waals surface area contributed by atoms with Gasteiger partial charge in [-0.2, -0.15) is 0 Å². The number of allylic oxidation sites excluding steroid dienone is 5. The molecule has 0 bridgehead atoms. The maximum absolute atomic E-state index is 12.9. The van der Waals surface area contributed by atoms with Crippen molar-refractivity contribution in [2.75, 3.05) is 0 Å². The van der Waals surface area contributed by atoms with Gasteiger partial charge in [0, 0.05) is 6.42 Å². The molecule has 6 atom stereocenters. The van der Waals surface area contributed by atoms with E-state index < -0.39 is 23.6 Å². The number of fused-ring (bicyclic) bond motifs is 1. The van der Waals surface area contributed by atoms with Gasteiger partial charge in [0.2, 0.25) is 0 Å². The van der Waals surface area contributed by atoms with Crippen LogP contribution in [0.15, 0.2) is 47.6 Å². The molecule has 36 heavy (non-hydrogen) atoms. The van der Waals surface area contributed by atoms with Crippen LogP contribution < -0.4 is 0 Å². The number of esters is 1. The second-order valence-corrected chi connectivity index (χ2v) is 12.3. The number of ketones is 1. The molecule has 0 spiro atoms. The Morgan fingerprint density at radius 2 is 1.86 bits per heavy atom. The molecule has 0 aromatic rings. The van der Waals surface area contributed by atoms with E-state index in [0.29, 0.717) is 24.7 Å². The Balaban J connectivity index is 1.73. The molecule has 5 nitrogen and oxygen atoms in total. The van der Waals surface area contributed by atoms with Crippen molar-refractivity contribution in [2.24, 2.45) is 28.6 Å². The van der Waals surface area contributed by atoms with E-state index in [0.717, 1.165) is 36.8 Å². The Labute approximate surface area is 217 Å². The van der Waals surface area contributed by atoms with E-state index in [1.165, 1.54) is 12.0 Å². The van der Waals surface area contributed by atoms with Gasteiger partial charge in [-0.3, -0.25) is 9.59 Å². The summed E-state index contributed by atoms with van der Waals surface area (Å²) < 4.78 is 5.29. The van der Waals surface area contributed by atoms with Crippen molar-refractivity contribution in [1.29, 1.82) is 0 Å². The number of hydrogen-bond donors (Lipinski definition) is 2. The zero-order valence-electron chi connectivity index (χ0n) is 23.0. The van der Waals surface area contributed by atoms with Gasteiger partial charge in [0.1, 0.15) is 5.41 Å². The molecule has 3 aliphatic carbocycles. The SMILES string of the molecule is C=C1C(=CC=C2CCC[C@]3(C)[C@@H]([C@H](C)C=CC(=O)C(C)(C)C(=O)OC(C)C)CC[C@@H]23)C[C@@H](O)C[C@@H]1O. The third kappa shape index (κ3) is 5.94. The first-order valence-corrected chi connectivity index (χ1v) is 13.7.